The van der Waals surface area contributed by atoms with E-state index in [9.17, 15) is 4.79 Å². The molecule has 0 unspecified atom stereocenters. The minimum absolute atomic E-state index is 0.0495. The van der Waals surface area contributed by atoms with E-state index in [4.69, 9.17) is 27.9 Å². The van der Waals surface area contributed by atoms with Crippen molar-refractivity contribution in [3.8, 4) is 5.75 Å². The number of halogens is 2. The predicted octanol–water partition coefficient (Wildman–Crippen LogP) is 5.18. The number of hydrogen-bond acceptors (Lipinski definition) is 2. The van der Waals surface area contributed by atoms with E-state index >= 15 is 0 Å². The monoisotopic (exact) mass is 322 g/mol. The fourth-order valence-corrected chi connectivity index (χ4v) is 2.89. The molecule has 0 bridgehead atoms. The highest BCUT2D eigenvalue weighted by Crippen LogP contribution is 2.27. The van der Waals surface area contributed by atoms with Gasteiger partial charge in [0.05, 0.1) is 5.02 Å². The van der Waals surface area contributed by atoms with Crippen molar-refractivity contribution in [1.82, 2.24) is 0 Å². The van der Waals surface area contributed by atoms with Gasteiger partial charge in [-0.05, 0) is 50.1 Å². The van der Waals surface area contributed by atoms with Gasteiger partial charge in [-0.25, -0.2) is 0 Å². The third kappa shape index (κ3) is 3.78. The minimum atomic E-state index is -0.0592. The van der Waals surface area contributed by atoms with Crippen molar-refractivity contribution < 1.29 is 9.53 Å². The van der Waals surface area contributed by atoms with E-state index in [-0.39, 0.29) is 12.4 Å². The molecule has 21 heavy (non-hydrogen) atoms. The summed E-state index contributed by atoms with van der Waals surface area (Å²) in [7, 11) is 0. The molecule has 0 radical (unpaired) electrons. The van der Waals surface area contributed by atoms with Gasteiger partial charge < -0.3 is 4.74 Å². The average Bonchev–Trinajstić information content (AvgIpc) is 2.36. The van der Waals surface area contributed by atoms with E-state index in [1.165, 1.54) is 0 Å². The van der Waals surface area contributed by atoms with Gasteiger partial charge in [0.1, 0.15) is 5.75 Å². The van der Waals surface area contributed by atoms with Gasteiger partial charge in [0.2, 0.25) is 5.78 Å². The zero-order valence-electron chi connectivity index (χ0n) is 12.2. The Kier molecular flexibility index (Phi) is 4.92. The Morgan fingerprint density at radius 1 is 1.05 bits per heavy atom. The van der Waals surface area contributed by atoms with Crippen LogP contribution in [0, 0.1) is 20.8 Å². The molecule has 110 valence electrons. The molecule has 2 rings (SSSR count). The number of rotatable bonds is 4. The van der Waals surface area contributed by atoms with Crippen molar-refractivity contribution >= 4 is 29.0 Å². The first-order valence-corrected chi connectivity index (χ1v) is 7.33. The minimum Gasteiger partial charge on any atom is -0.484 e. The smallest absolute Gasteiger partial charge is 0.200 e. The molecule has 0 aliphatic heterocycles. The van der Waals surface area contributed by atoms with Crippen molar-refractivity contribution in [3.05, 3.63) is 62.6 Å². The first-order valence-electron chi connectivity index (χ1n) is 6.57. The lowest BCUT2D eigenvalue weighted by molar-refractivity contribution is 0.0920. The van der Waals surface area contributed by atoms with Crippen LogP contribution in [0.2, 0.25) is 10.0 Å². The molecular formula is C17H16Cl2O2. The second-order valence-electron chi connectivity index (χ2n) is 5.06. The van der Waals surface area contributed by atoms with Crippen molar-refractivity contribution in [2.45, 2.75) is 20.8 Å². The zero-order valence-corrected chi connectivity index (χ0v) is 13.7. The normalized spacial score (nSPS) is 10.5. The molecule has 4 heteroatoms. The molecule has 0 spiro atoms. The molecule has 0 saturated heterocycles. The lowest BCUT2D eigenvalue weighted by atomic mass is 9.97. The van der Waals surface area contributed by atoms with Gasteiger partial charge in [0.15, 0.2) is 6.61 Å². The van der Waals surface area contributed by atoms with Crippen LogP contribution in [0.5, 0.6) is 5.75 Å². The number of carbonyl (C=O) groups excluding carboxylic acids is 1. The third-order valence-corrected chi connectivity index (χ3v) is 3.74. The quantitative estimate of drug-likeness (QED) is 0.725. The summed E-state index contributed by atoms with van der Waals surface area (Å²) in [4.78, 5) is 12.4. The largest absolute Gasteiger partial charge is 0.484 e. The van der Waals surface area contributed by atoms with E-state index in [1.54, 1.807) is 18.2 Å². The molecule has 0 aliphatic rings. The van der Waals surface area contributed by atoms with Crippen LogP contribution < -0.4 is 4.74 Å². The Bertz CT molecular complexity index is 670. The zero-order chi connectivity index (χ0) is 15.6. The number of carbonyl (C=O) groups is 1. The summed E-state index contributed by atoms with van der Waals surface area (Å²) >= 11 is 11.8. The number of aryl methyl sites for hydroxylation is 3. The van der Waals surface area contributed by atoms with Crippen LogP contribution in [-0.4, -0.2) is 12.4 Å². The second kappa shape index (κ2) is 6.50. The van der Waals surface area contributed by atoms with E-state index < -0.39 is 0 Å². The lowest BCUT2D eigenvalue weighted by Crippen LogP contribution is -2.14. The molecule has 0 aromatic heterocycles. The maximum Gasteiger partial charge on any atom is 0.200 e. The predicted molar refractivity (Wildman–Crippen MR) is 86.9 cm³/mol. The summed E-state index contributed by atoms with van der Waals surface area (Å²) in [5.74, 6) is 0.396. The fraction of sp³-hybridized carbons (Fsp3) is 0.235. The maximum atomic E-state index is 12.4. The van der Waals surface area contributed by atoms with Gasteiger partial charge in [-0.1, -0.05) is 40.9 Å². The van der Waals surface area contributed by atoms with Crippen LogP contribution >= 0.6 is 23.2 Å². The molecule has 2 nitrogen and oxygen atoms in total. The molecule has 2 aromatic carbocycles. The molecule has 0 heterocycles. The van der Waals surface area contributed by atoms with Crippen molar-refractivity contribution in [2.75, 3.05) is 6.61 Å². The number of ether oxygens (including phenoxy) is 1. The Morgan fingerprint density at radius 3 is 2.24 bits per heavy atom. The van der Waals surface area contributed by atoms with Gasteiger partial charge in [0.25, 0.3) is 0 Å². The Hall–Kier alpha value is -1.51. The number of Topliss-reactive ketones (excluding diaryl/α,β-unsaturated/α-hetero) is 1. The Balaban J connectivity index is 2.16. The average molecular weight is 323 g/mol. The third-order valence-electron chi connectivity index (χ3n) is 3.21. The highest BCUT2D eigenvalue weighted by molar-refractivity contribution is 6.35. The SMILES string of the molecule is Cc1cc(C)c(C(=O)COc2ccc(Cl)cc2Cl)c(C)c1. The van der Waals surface area contributed by atoms with Gasteiger partial charge >= 0.3 is 0 Å². The first kappa shape index (κ1) is 15.9. The van der Waals surface area contributed by atoms with Crippen LogP contribution in [0.25, 0.3) is 0 Å². The van der Waals surface area contributed by atoms with E-state index in [1.807, 2.05) is 32.9 Å². The molecule has 0 aliphatic carbocycles. The topological polar surface area (TPSA) is 26.3 Å². The summed E-state index contributed by atoms with van der Waals surface area (Å²) in [5, 5.41) is 0.927. The highest BCUT2D eigenvalue weighted by atomic mass is 35.5. The van der Waals surface area contributed by atoms with E-state index in [0.29, 0.717) is 21.4 Å². The second-order valence-corrected chi connectivity index (χ2v) is 5.90. The Labute approximate surface area is 134 Å². The van der Waals surface area contributed by atoms with E-state index in [0.717, 1.165) is 16.7 Å². The molecule has 2 aromatic rings. The summed E-state index contributed by atoms with van der Waals surface area (Å²) < 4.78 is 5.51. The highest BCUT2D eigenvalue weighted by Gasteiger charge is 2.14. The molecule has 0 N–H and O–H groups in total. The number of hydrogen-bond donors (Lipinski definition) is 0. The van der Waals surface area contributed by atoms with Gasteiger partial charge in [0, 0.05) is 10.6 Å². The van der Waals surface area contributed by atoms with Gasteiger partial charge in [-0.3, -0.25) is 4.79 Å². The molecule has 0 amide bonds. The van der Waals surface area contributed by atoms with E-state index in [2.05, 4.69) is 0 Å². The molecular weight excluding hydrogens is 307 g/mol. The summed E-state index contributed by atoms with van der Waals surface area (Å²) in [6.07, 6.45) is 0. The molecule has 0 saturated carbocycles. The Morgan fingerprint density at radius 2 is 1.67 bits per heavy atom. The van der Waals surface area contributed by atoms with Crippen LogP contribution in [0.3, 0.4) is 0 Å². The van der Waals surface area contributed by atoms with Gasteiger partial charge in [-0.15, -0.1) is 0 Å². The lowest BCUT2D eigenvalue weighted by Gasteiger charge is -2.12. The van der Waals surface area contributed by atoms with Gasteiger partial charge in [-0.2, -0.15) is 0 Å². The fourth-order valence-electron chi connectivity index (χ4n) is 2.43. The standard InChI is InChI=1S/C17H16Cl2O2/c1-10-6-11(2)17(12(3)7-10)15(20)9-21-16-5-4-13(18)8-14(16)19/h4-8H,9H2,1-3H3. The number of benzene rings is 2. The summed E-state index contributed by atoms with van der Waals surface area (Å²) in [6, 6.07) is 8.92. The van der Waals surface area contributed by atoms with Crippen LogP contribution in [0.15, 0.2) is 30.3 Å². The van der Waals surface area contributed by atoms with Crippen molar-refractivity contribution in [2.24, 2.45) is 0 Å². The summed E-state index contributed by atoms with van der Waals surface area (Å²) in [5.41, 5.74) is 3.78. The van der Waals surface area contributed by atoms with Crippen molar-refractivity contribution in [3.63, 3.8) is 0 Å². The van der Waals surface area contributed by atoms with Crippen molar-refractivity contribution in [1.29, 1.82) is 0 Å². The number of ketones is 1. The summed E-state index contributed by atoms with van der Waals surface area (Å²) in [6.45, 7) is 5.83. The maximum absolute atomic E-state index is 12.4. The first-order chi connectivity index (χ1) is 9.88. The van der Waals surface area contributed by atoms with Crippen LogP contribution in [0.1, 0.15) is 27.0 Å². The molecule has 0 atom stereocenters. The van der Waals surface area contributed by atoms with Crippen LogP contribution in [0.4, 0.5) is 0 Å². The van der Waals surface area contributed by atoms with Crippen LogP contribution in [-0.2, 0) is 0 Å². The molecule has 0 fully saturated rings.